The molecular weight excluding hydrogens is 354 g/mol. The molecule has 1 N–H and O–H groups in total. The lowest BCUT2D eigenvalue weighted by molar-refractivity contribution is 0.0937. The molecule has 3 rings (SSSR count). The van der Waals surface area contributed by atoms with Gasteiger partial charge in [-0.25, -0.2) is 4.68 Å². The Labute approximate surface area is 164 Å². The van der Waals surface area contributed by atoms with Crippen LogP contribution in [0.5, 0.6) is 5.75 Å². The van der Waals surface area contributed by atoms with E-state index in [1.165, 1.54) is 0 Å². The average molecular weight is 379 g/mol. The lowest BCUT2D eigenvalue weighted by Gasteiger charge is -2.25. The van der Waals surface area contributed by atoms with Gasteiger partial charge in [-0.05, 0) is 37.4 Å². The number of nitrogens with zero attached hydrogens (tertiary/aromatic N) is 4. The Morgan fingerprint density at radius 2 is 1.96 bits per heavy atom. The summed E-state index contributed by atoms with van der Waals surface area (Å²) >= 11 is 0. The van der Waals surface area contributed by atoms with Crippen molar-refractivity contribution in [1.82, 2.24) is 25.2 Å². The van der Waals surface area contributed by atoms with Gasteiger partial charge in [-0.1, -0.05) is 47.7 Å². The highest BCUT2D eigenvalue weighted by atomic mass is 16.5. The van der Waals surface area contributed by atoms with E-state index in [0.29, 0.717) is 18.8 Å². The number of methoxy groups -OCH3 is 1. The summed E-state index contributed by atoms with van der Waals surface area (Å²) in [6, 6.07) is 17.8. The van der Waals surface area contributed by atoms with Crippen molar-refractivity contribution in [1.29, 1.82) is 0 Å². The van der Waals surface area contributed by atoms with Gasteiger partial charge in [0.25, 0.3) is 5.91 Å². The third-order valence-corrected chi connectivity index (χ3v) is 4.52. The molecule has 28 heavy (non-hydrogen) atoms. The van der Waals surface area contributed by atoms with Gasteiger partial charge in [0.15, 0.2) is 5.69 Å². The number of carbonyl (C=O) groups is 1. The van der Waals surface area contributed by atoms with Crippen molar-refractivity contribution in [2.24, 2.45) is 0 Å². The molecule has 1 heterocycles. The Kier molecular flexibility index (Phi) is 6.39. The Hall–Kier alpha value is -3.19. The molecule has 7 heteroatoms. The summed E-state index contributed by atoms with van der Waals surface area (Å²) < 4.78 is 6.97. The minimum Gasteiger partial charge on any atom is -0.497 e. The molecule has 0 aliphatic rings. The van der Waals surface area contributed by atoms with Gasteiger partial charge >= 0.3 is 0 Å². The van der Waals surface area contributed by atoms with E-state index >= 15 is 0 Å². The number of ether oxygens (including phenoxy) is 1. The summed E-state index contributed by atoms with van der Waals surface area (Å²) in [7, 11) is 5.60. The maximum Gasteiger partial charge on any atom is 0.273 e. The minimum absolute atomic E-state index is 0.0124. The van der Waals surface area contributed by atoms with E-state index in [1.807, 2.05) is 68.7 Å². The smallest absolute Gasteiger partial charge is 0.273 e. The standard InChI is InChI=1S/C21H25N5O2/c1-25(2)20(17-10-7-11-18(12-17)28-3)13-22-21(27)19-15-26(24-23-19)14-16-8-5-4-6-9-16/h4-12,15,20H,13-14H2,1-3H3,(H,22,27). The van der Waals surface area contributed by atoms with Crippen LogP contribution >= 0.6 is 0 Å². The number of nitrogens with one attached hydrogen (secondary N) is 1. The molecule has 0 saturated carbocycles. The van der Waals surface area contributed by atoms with Gasteiger partial charge in [-0.2, -0.15) is 0 Å². The molecule has 0 radical (unpaired) electrons. The van der Waals surface area contributed by atoms with Gasteiger partial charge in [0.05, 0.1) is 25.9 Å². The molecule has 0 spiro atoms. The van der Waals surface area contributed by atoms with E-state index in [0.717, 1.165) is 16.9 Å². The molecule has 1 unspecified atom stereocenters. The van der Waals surface area contributed by atoms with Crippen LogP contribution < -0.4 is 10.1 Å². The first-order valence-corrected chi connectivity index (χ1v) is 9.09. The van der Waals surface area contributed by atoms with Gasteiger partial charge in [0, 0.05) is 6.54 Å². The highest BCUT2D eigenvalue weighted by Crippen LogP contribution is 2.22. The Morgan fingerprint density at radius 3 is 2.68 bits per heavy atom. The Bertz CT molecular complexity index is 908. The van der Waals surface area contributed by atoms with E-state index in [-0.39, 0.29) is 11.9 Å². The number of likely N-dealkylation sites (N-methyl/N-ethyl adjacent to an activating group) is 1. The summed E-state index contributed by atoms with van der Waals surface area (Å²) in [6.45, 7) is 1.02. The van der Waals surface area contributed by atoms with Gasteiger partial charge in [0.1, 0.15) is 5.75 Å². The van der Waals surface area contributed by atoms with Crippen LogP contribution in [0.2, 0.25) is 0 Å². The molecule has 7 nitrogen and oxygen atoms in total. The first kappa shape index (κ1) is 19.6. The highest BCUT2D eigenvalue weighted by Gasteiger charge is 2.18. The second-order valence-corrected chi connectivity index (χ2v) is 6.75. The van der Waals surface area contributed by atoms with E-state index in [2.05, 4.69) is 20.5 Å². The maximum atomic E-state index is 12.5. The van der Waals surface area contributed by atoms with Gasteiger partial charge < -0.3 is 15.0 Å². The number of benzene rings is 2. The second kappa shape index (κ2) is 9.14. The fourth-order valence-corrected chi connectivity index (χ4v) is 2.98. The number of hydrogen-bond donors (Lipinski definition) is 1. The Balaban J connectivity index is 1.63. The molecule has 1 atom stereocenters. The summed E-state index contributed by atoms with van der Waals surface area (Å²) in [5.41, 5.74) is 2.47. The third kappa shape index (κ3) is 4.95. The molecule has 0 fully saturated rings. The van der Waals surface area contributed by atoms with Crippen molar-refractivity contribution in [2.75, 3.05) is 27.7 Å². The van der Waals surface area contributed by atoms with E-state index < -0.39 is 0 Å². The highest BCUT2D eigenvalue weighted by molar-refractivity contribution is 5.91. The zero-order valence-corrected chi connectivity index (χ0v) is 16.4. The third-order valence-electron chi connectivity index (χ3n) is 4.52. The molecule has 1 aromatic heterocycles. The molecule has 2 aromatic carbocycles. The lowest BCUT2D eigenvalue weighted by Crippen LogP contribution is -2.34. The van der Waals surface area contributed by atoms with E-state index in [4.69, 9.17) is 4.74 Å². The molecule has 0 aliphatic heterocycles. The lowest BCUT2D eigenvalue weighted by atomic mass is 10.1. The van der Waals surface area contributed by atoms with Crippen LogP contribution in [0, 0.1) is 0 Å². The van der Waals surface area contributed by atoms with Crippen LogP contribution in [0.3, 0.4) is 0 Å². The topological polar surface area (TPSA) is 72.3 Å². The first-order chi connectivity index (χ1) is 13.6. The van der Waals surface area contributed by atoms with Crippen molar-refractivity contribution >= 4 is 5.91 Å². The number of hydrogen-bond acceptors (Lipinski definition) is 5. The number of aromatic nitrogens is 3. The van der Waals surface area contributed by atoms with Crippen LogP contribution in [0.15, 0.2) is 60.8 Å². The minimum atomic E-state index is -0.242. The zero-order chi connectivity index (χ0) is 19.9. The molecule has 3 aromatic rings. The monoisotopic (exact) mass is 379 g/mol. The van der Waals surface area contributed by atoms with Crippen LogP contribution in [0.4, 0.5) is 0 Å². The molecule has 0 saturated heterocycles. The molecule has 0 aliphatic carbocycles. The van der Waals surface area contributed by atoms with Gasteiger partial charge in [-0.3, -0.25) is 4.79 Å². The summed E-state index contributed by atoms with van der Waals surface area (Å²) in [4.78, 5) is 14.6. The fourth-order valence-electron chi connectivity index (χ4n) is 2.98. The van der Waals surface area contributed by atoms with Gasteiger partial charge in [0.2, 0.25) is 0 Å². The van der Waals surface area contributed by atoms with Crippen molar-refractivity contribution in [3.63, 3.8) is 0 Å². The molecule has 146 valence electrons. The SMILES string of the molecule is COc1cccc(C(CNC(=O)c2cn(Cc3ccccc3)nn2)N(C)C)c1. The van der Waals surface area contributed by atoms with Crippen LogP contribution in [0.25, 0.3) is 0 Å². The zero-order valence-electron chi connectivity index (χ0n) is 16.4. The Morgan fingerprint density at radius 1 is 1.18 bits per heavy atom. The van der Waals surface area contributed by atoms with E-state index in [1.54, 1.807) is 18.0 Å². The predicted molar refractivity (Wildman–Crippen MR) is 107 cm³/mol. The fraction of sp³-hybridized carbons (Fsp3) is 0.286. The second-order valence-electron chi connectivity index (χ2n) is 6.75. The average Bonchev–Trinajstić information content (AvgIpc) is 3.17. The van der Waals surface area contributed by atoms with Crippen LogP contribution in [0.1, 0.15) is 27.7 Å². The van der Waals surface area contributed by atoms with Crippen LogP contribution in [-0.2, 0) is 6.54 Å². The summed E-state index contributed by atoms with van der Waals surface area (Å²) in [5, 5.41) is 11.0. The predicted octanol–water partition coefficient (Wildman–Crippen LogP) is 2.37. The van der Waals surface area contributed by atoms with Crippen molar-refractivity contribution in [3.8, 4) is 5.75 Å². The molecule has 1 amide bonds. The van der Waals surface area contributed by atoms with E-state index in [9.17, 15) is 4.79 Å². The van der Waals surface area contributed by atoms with Crippen LogP contribution in [-0.4, -0.2) is 53.6 Å². The quantitative estimate of drug-likeness (QED) is 0.651. The van der Waals surface area contributed by atoms with Crippen molar-refractivity contribution < 1.29 is 9.53 Å². The first-order valence-electron chi connectivity index (χ1n) is 9.09. The summed E-state index contributed by atoms with van der Waals surface area (Å²) in [6.07, 6.45) is 1.67. The number of amides is 1. The summed E-state index contributed by atoms with van der Waals surface area (Å²) in [5.74, 6) is 0.550. The maximum absolute atomic E-state index is 12.5. The molecule has 0 bridgehead atoms. The molecular formula is C21H25N5O2. The number of rotatable bonds is 8. The van der Waals surface area contributed by atoms with Gasteiger partial charge in [-0.15, -0.1) is 5.10 Å². The largest absolute Gasteiger partial charge is 0.497 e. The van der Waals surface area contributed by atoms with Crippen molar-refractivity contribution in [2.45, 2.75) is 12.6 Å². The number of carbonyl (C=O) groups excluding carboxylic acids is 1. The normalized spacial score (nSPS) is 12.0. The van der Waals surface area contributed by atoms with Crippen molar-refractivity contribution in [3.05, 3.63) is 77.6 Å².